The Bertz CT molecular complexity index is 550. The van der Waals surface area contributed by atoms with E-state index in [-0.39, 0.29) is 0 Å². The Morgan fingerprint density at radius 2 is 2.28 bits per heavy atom. The van der Waals surface area contributed by atoms with Crippen LogP contribution in [0.2, 0.25) is 0 Å². The van der Waals surface area contributed by atoms with E-state index >= 15 is 0 Å². The maximum Gasteiger partial charge on any atom is 0.330 e. The van der Waals surface area contributed by atoms with Crippen molar-refractivity contribution in [1.82, 2.24) is 20.2 Å². The van der Waals surface area contributed by atoms with Crippen LogP contribution >= 0.6 is 0 Å². The van der Waals surface area contributed by atoms with Crippen LogP contribution in [0.3, 0.4) is 0 Å². The second-order valence-corrected chi connectivity index (χ2v) is 4.00. The van der Waals surface area contributed by atoms with Gasteiger partial charge in [-0.2, -0.15) is 0 Å². The van der Waals surface area contributed by atoms with E-state index in [1.807, 2.05) is 6.07 Å². The molecule has 0 amide bonds. The lowest BCUT2D eigenvalue weighted by molar-refractivity contribution is -0.146. The fourth-order valence-electron chi connectivity index (χ4n) is 1.58. The molecule has 0 saturated heterocycles. The summed E-state index contributed by atoms with van der Waals surface area (Å²) in [5.74, 6) is -0.503. The van der Waals surface area contributed by atoms with Gasteiger partial charge in [0.15, 0.2) is 0 Å². The number of esters is 1. The molecule has 1 atom stereocenters. The average molecular weight is 247 g/mol. The Morgan fingerprint density at radius 1 is 1.50 bits per heavy atom. The first-order valence-corrected chi connectivity index (χ1v) is 5.27. The van der Waals surface area contributed by atoms with E-state index in [0.717, 1.165) is 5.69 Å². The Morgan fingerprint density at radius 3 is 2.89 bits per heavy atom. The third-order valence-electron chi connectivity index (χ3n) is 2.67. The summed E-state index contributed by atoms with van der Waals surface area (Å²) < 4.78 is 6.17. The predicted octanol–water partition coefficient (Wildman–Crippen LogP) is 0.00920. The van der Waals surface area contributed by atoms with Crippen LogP contribution in [0.25, 0.3) is 5.69 Å². The molecule has 0 fully saturated rings. The lowest BCUT2D eigenvalue weighted by Crippen LogP contribution is -2.42. The molecule has 2 aromatic rings. The number of nitrogens with zero attached hydrogens (tertiary/aromatic N) is 4. The van der Waals surface area contributed by atoms with E-state index in [4.69, 9.17) is 5.73 Å². The number of ether oxygens (including phenoxy) is 1. The number of aromatic nitrogens is 4. The molecule has 0 bridgehead atoms. The van der Waals surface area contributed by atoms with Crippen LogP contribution in [0, 0.1) is 0 Å². The predicted molar refractivity (Wildman–Crippen MR) is 62.7 cm³/mol. The maximum atomic E-state index is 11.6. The normalized spacial score (nSPS) is 13.9. The molecular formula is C11H13N5O2. The SMILES string of the molecule is COC(=O)C(C)(N)c1cccc(-n2cnnn2)c1. The molecule has 2 rings (SSSR count). The molecular weight excluding hydrogens is 234 g/mol. The van der Waals surface area contributed by atoms with E-state index in [1.54, 1.807) is 25.1 Å². The van der Waals surface area contributed by atoms with Crippen LogP contribution in [0.15, 0.2) is 30.6 Å². The molecule has 0 saturated carbocycles. The van der Waals surface area contributed by atoms with Crippen molar-refractivity contribution in [3.63, 3.8) is 0 Å². The third kappa shape index (κ3) is 2.07. The monoisotopic (exact) mass is 247 g/mol. The zero-order valence-corrected chi connectivity index (χ0v) is 10.1. The molecule has 0 radical (unpaired) electrons. The molecule has 1 aromatic carbocycles. The van der Waals surface area contributed by atoms with Gasteiger partial charge in [0, 0.05) is 0 Å². The van der Waals surface area contributed by atoms with Crippen molar-refractivity contribution < 1.29 is 9.53 Å². The van der Waals surface area contributed by atoms with Crippen molar-refractivity contribution in [2.75, 3.05) is 7.11 Å². The first kappa shape index (κ1) is 12.2. The van der Waals surface area contributed by atoms with E-state index in [0.29, 0.717) is 5.56 Å². The van der Waals surface area contributed by atoms with E-state index in [9.17, 15) is 4.79 Å². The van der Waals surface area contributed by atoms with Gasteiger partial charge in [-0.15, -0.1) is 5.10 Å². The van der Waals surface area contributed by atoms with Crippen LogP contribution in [-0.4, -0.2) is 33.3 Å². The Labute approximate surface area is 104 Å². The van der Waals surface area contributed by atoms with E-state index in [2.05, 4.69) is 20.3 Å². The van der Waals surface area contributed by atoms with Gasteiger partial charge in [-0.25, -0.2) is 9.48 Å². The minimum absolute atomic E-state index is 0.503. The Kier molecular flexibility index (Phi) is 3.07. The number of methoxy groups -OCH3 is 1. The number of rotatable bonds is 3. The molecule has 0 aliphatic heterocycles. The van der Waals surface area contributed by atoms with Gasteiger partial charge in [0.05, 0.1) is 12.8 Å². The number of carbonyl (C=O) groups excluding carboxylic acids is 1. The lowest BCUT2D eigenvalue weighted by atomic mass is 9.93. The van der Waals surface area contributed by atoms with Gasteiger partial charge in [-0.1, -0.05) is 12.1 Å². The van der Waals surface area contributed by atoms with Crippen LogP contribution in [0.1, 0.15) is 12.5 Å². The van der Waals surface area contributed by atoms with Crippen molar-refractivity contribution in [3.05, 3.63) is 36.2 Å². The number of benzene rings is 1. The standard InChI is InChI=1S/C11H13N5O2/c1-11(12,10(17)18-2)8-4-3-5-9(6-8)16-7-13-14-15-16/h3-7H,12H2,1-2H3. The third-order valence-corrected chi connectivity index (χ3v) is 2.67. The number of nitrogens with two attached hydrogens (primary N) is 1. The molecule has 94 valence electrons. The Hall–Kier alpha value is -2.28. The maximum absolute atomic E-state index is 11.6. The highest BCUT2D eigenvalue weighted by Gasteiger charge is 2.31. The summed E-state index contributed by atoms with van der Waals surface area (Å²) in [6, 6.07) is 7.09. The molecule has 7 heteroatoms. The molecule has 0 aliphatic rings. The summed E-state index contributed by atoms with van der Waals surface area (Å²) in [5, 5.41) is 10.9. The molecule has 1 aromatic heterocycles. The average Bonchev–Trinajstić information content (AvgIpc) is 2.91. The molecule has 7 nitrogen and oxygen atoms in total. The van der Waals surface area contributed by atoms with Gasteiger partial charge in [-0.3, -0.25) is 0 Å². The quantitative estimate of drug-likeness (QED) is 0.767. The van der Waals surface area contributed by atoms with Gasteiger partial charge in [-0.05, 0) is 35.0 Å². The fourth-order valence-corrected chi connectivity index (χ4v) is 1.58. The highest BCUT2D eigenvalue weighted by Crippen LogP contribution is 2.21. The highest BCUT2D eigenvalue weighted by atomic mass is 16.5. The topological polar surface area (TPSA) is 95.9 Å². The zero-order valence-electron chi connectivity index (χ0n) is 10.1. The summed E-state index contributed by atoms with van der Waals surface area (Å²) >= 11 is 0. The van der Waals surface area contributed by atoms with Gasteiger partial charge < -0.3 is 10.5 Å². The van der Waals surface area contributed by atoms with Crippen LogP contribution < -0.4 is 5.73 Å². The van der Waals surface area contributed by atoms with E-state index < -0.39 is 11.5 Å². The summed E-state index contributed by atoms with van der Waals surface area (Å²) in [5.41, 5.74) is 6.12. The second kappa shape index (κ2) is 4.53. The fraction of sp³-hybridized carbons (Fsp3) is 0.273. The second-order valence-electron chi connectivity index (χ2n) is 4.00. The summed E-state index contributed by atoms with van der Waals surface area (Å²) in [4.78, 5) is 11.6. The minimum atomic E-state index is -1.21. The molecule has 18 heavy (non-hydrogen) atoms. The van der Waals surface area contributed by atoms with Gasteiger partial charge in [0.2, 0.25) is 0 Å². The van der Waals surface area contributed by atoms with Gasteiger partial charge >= 0.3 is 5.97 Å². The van der Waals surface area contributed by atoms with Crippen LogP contribution in [0.4, 0.5) is 0 Å². The van der Waals surface area contributed by atoms with Crippen molar-refractivity contribution in [2.45, 2.75) is 12.5 Å². The smallest absolute Gasteiger partial charge is 0.330 e. The Balaban J connectivity index is 2.42. The summed E-state index contributed by atoms with van der Waals surface area (Å²) in [6.07, 6.45) is 1.46. The van der Waals surface area contributed by atoms with Crippen molar-refractivity contribution in [2.24, 2.45) is 5.73 Å². The van der Waals surface area contributed by atoms with Crippen molar-refractivity contribution >= 4 is 5.97 Å². The first-order valence-electron chi connectivity index (χ1n) is 5.27. The number of tetrazole rings is 1. The van der Waals surface area contributed by atoms with Crippen LogP contribution in [0.5, 0.6) is 0 Å². The largest absolute Gasteiger partial charge is 0.467 e. The lowest BCUT2D eigenvalue weighted by Gasteiger charge is -2.22. The number of carbonyl (C=O) groups is 1. The minimum Gasteiger partial charge on any atom is -0.467 e. The van der Waals surface area contributed by atoms with Crippen LogP contribution in [-0.2, 0) is 15.1 Å². The molecule has 0 spiro atoms. The first-order chi connectivity index (χ1) is 8.55. The molecule has 1 unspecified atom stereocenters. The van der Waals surface area contributed by atoms with Crippen molar-refractivity contribution in [3.8, 4) is 5.69 Å². The zero-order chi connectivity index (χ0) is 13.2. The van der Waals surface area contributed by atoms with E-state index in [1.165, 1.54) is 18.1 Å². The highest BCUT2D eigenvalue weighted by molar-refractivity contribution is 5.81. The van der Waals surface area contributed by atoms with Crippen molar-refractivity contribution in [1.29, 1.82) is 0 Å². The molecule has 2 N–H and O–H groups in total. The number of hydrogen-bond acceptors (Lipinski definition) is 6. The van der Waals surface area contributed by atoms with Gasteiger partial charge in [0.1, 0.15) is 11.9 Å². The summed E-state index contributed by atoms with van der Waals surface area (Å²) in [7, 11) is 1.30. The summed E-state index contributed by atoms with van der Waals surface area (Å²) in [6.45, 7) is 1.59. The molecule has 0 aliphatic carbocycles. The molecule has 1 heterocycles. The van der Waals surface area contributed by atoms with Gasteiger partial charge in [0.25, 0.3) is 0 Å². The number of hydrogen-bond donors (Lipinski definition) is 1.